The van der Waals surface area contributed by atoms with Gasteiger partial charge in [0.2, 0.25) is 0 Å². The minimum atomic E-state index is -0.814. The van der Waals surface area contributed by atoms with Gasteiger partial charge in [0, 0.05) is 9.13 Å². The third-order valence-corrected chi connectivity index (χ3v) is 3.90. The van der Waals surface area contributed by atoms with Crippen molar-refractivity contribution < 1.29 is 8.78 Å². The van der Waals surface area contributed by atoms with Crippen molar-refractivity contribution in [3.05, 3.63) is 68.8 Å². The van der Waals surface area contributed by atoms with E-state index in [0.717, 1.165) is 15.2 Å². The van der Waals surface area contributed by atoms with Gasteiger partial charge < -0.3 is 5.32 Å². The maximum Gasteiger partial charge on any atom is 0.163 e. The van der Waals surface area contributed by atoms with Crippen molar-refractivity contribution >= 4 is 22.6 Å². The van der Waals surface area contributed by atoms with E-state index in [0.29, 0.717) is 12.1 Å². The Kier molecular flexibility index (Phi) is 4.87. The Morgan fingerprint density at radius 2 is 1.74 bits per heavy atom. The molecule has 100 valence electrons. The van der Waals surface area contributed by atoms with Gasteiger partial charge in [-0.2, -0.15) is 0 Å². The summed E-state index contributed by atoms with van der Waals surface area (Å²) in [4.78, 5) is 0. The highest BCUT2D eigenvalue weighted by molar-refractivity contribution is 14.1. The van der Waals surface area contributed by atoms with E-state index in [1.165, 1.54) is 6.07 Å². The van der Waals surface area contributed by atoms with Gasteiger partial charge in [0.25, 0.3) is 0 Å². The van der Waals surface area contributed by atoms with Crippen LogP contribution in [0.5, 0.6) is 0 Å². The normalized spacial score (nSPS) is 12.4. The van der Waals surface area contributed by atoms with Gasteiger partial charge in [-0.15, -0.1) is 0 Å². The van der Waals surface area contributed by atoms with Crippen molar-refractivity contribution in [2.45, 2.75) is 13.0 Å². The van der Waals surface area contributed by atoms with E-state index in [4.69, 9.17) is 0 Å². The fourth-order valence-electron chi connectivity index (χ4n) is 2.04. The number of hydrogen-bond acceptors (Lipinski definition) is 1. The van der Waals surface area contributed by atoms with Gasteiger partial charge >= 0.3 is 0 Å². The molecule has 2 aromatic carbocycles. The van der Waals surface area contributed by atoms with Crippen molar-refractivity contribution in [1.29, 1.82) is 0 Å². The van der Waals surface area contributed by atoms with Gasteiger partial charge in [0.15, 0.2) is 11.6 Å². The molecular weight excluding hydrogens is 359 g/mol. The third kappa shape index (κ3) is 3.12. The summed E-state index contributed by atoms with van der Waals surface area (Å²) in [6.45, 7) is 2.62. The molecule has 0 aliphatic carbocycles. The molecule has 1 atom stereocenters. The molecule has 0 heterocycles. The Labute approximate surface area is 125 Å². The van der Waals surface area contributed by atoms with Crippen LogP contribution >= 0.6 is 22.6 Å². The SMILES string of the molecule is CCNC(c1ccccc1I)c1cccc(F)c1F. The molecule has 0 bridgehead atoms. The first-order valence-corrected chi connectivity index (χ1v) is 7.14. The van der Waals surface area contributed by atoms with Gasteiger partial charge in [0.1, 0.15) is 0 Å². The lowest BCUT2D eigenvalue weighted by Gasteiger charge is -2.21. The van der Waals surface area contributed by atoms with E-state index in [1.54, 1.807) is 6.07 Å². The lowest BCUT2D eigenvalue weighted by molar-refractivity contribution is 0.482. The zero-order chi connectivity index (χ0) is 13.8. The summed E-state index contributed by atoms with van der Waals surface area (Å²) in [6.07, 6.45) is 0. The molecule has 0 radical (unpaired) electrons. The van der Waals surface area contributed by atoms with Crippen LogP contribution in [-0.4, -0.2) is 6.54 Å². The Bertz CT molecular complexity index is 572. The van der Waals surface area contributed by atoms with Crippen molar-refractivity contribution in [2.75, 3.05) is 6.54 Å². The minimum absolute atomic E-state index is 0.339. The Morgan fingerprint density at radius 3 is 2.42 bits per heavy atom. The molecule has 1 unspecified atom stereocenters. The van der Waals surface area contributed by atoms with Gasteiger partial charge in [-0.1, -0.05) is 37.3 Å². The van der Waals surface area contributed by atoms with E-state index < -0.39 is 11.6 Å². The fourth-order valence-corrected chi connectivity index (χ4v) is 2.74. The van der Waals surface area contributed by atoms with E-state index in [-0.39, 0.29) is 6.04 Å². The Balaban J connectivity index is 2.52. The second-order valence-electron chi connectivity index (χ2n) is 4.16. The van der Waals surface area contributed by atoms with Crippen molar-refractivity contribution in [2.24, 2.45) is 0 Å². The summed E-state index contributed by atoms with van der Waals surface area (Å²) < 4.78 is 28.4. The van der Waals surface area contributed by atoms with Gasteiger partial charge in [-0.3, -0.25) is 0 Å². The molecule has 0 aliphatic heterocycles. The molecule has 0 saturated heterocycles. The average molecular weight is 373 g/mol. The molecule has 1 N–H and O–H groups in total. The monoisotopic (exact) mass is 373 g/mol. The number of benzene rings is 2. The molecule has 0 spiro atoms. The summed E-state index contributed by atoms with van der Waals surface area (Å²) in [6, 6.07) is 11.7. The maximum absolute atomic E-state index is 14.0. The third-order valence-electron chi connectivity index (χ3n) is 2.92. The van der Waals surface area contributed by atoms with Crippen LogP contribution in [0.25, 0.3) is 0 Å². The zero-order valence-electron chi connectivity index (χ0n) is 10.5. The van der Waals surface area contributed by atoms with Gasteiger partial charge in [-0.25, -0.2) is 8.78 Å². The molecule has 0 fully saturated rings. The van der Waals surface area contributed by atoms with Crippen LogP contribution in [0.15, 0.2) is 42.5 Å². The smallest absolute Gasteiger partial charge is 0.163 e. The van der Waals surface area contributed by atoms with Crippen LogP contribution < -0.4 is 5.32 Å². The molecule has 0 saturated carbocycles. The average Bonchev–Trinajstić information content (AvgIpc) is 2.41. The number of rotatable bonds is 4. The number of hydrogen-bond donors (Lipinski definition) is 1. The molecule has 2 rings (SSSR count). The van der Waals surface area contributed by atoms with Gasteiger partial charge in [0.05, 0.1) is 6.04 Å². The number of nitrogens with one attached hydrogen (secondary N) is 1. The second-order valence-corrected chi connectivity index (χ2v) is 5.32. The van der Waals surface area contributed by atoms with E-state index in [1.807, 2.05) is 31.2 Å². The number of halogens is 3. The highest BCUT2D eigenvalue weighted by atomic mass is 127. The zero-order valence-corrected chi connectivity index (χ0v) is 12.6. The van der Waals surface area contributed by atoms with Crippen LogP contribution in [0.2, 0.25) is 0 Å². The Morgan fingerprint density at radius 1 is 1.05 bits per heavy atom. The molecule has 0 aromatic heterocycles. The molecule has 1 nitrogen and oxygen atoms in total. The molecule has 4 heteroatoms. The minimum Gasteiger partial charge on any atom is -0.306 e. The lowest BCUT2D eigenvalue weighted by Crippen LogP contribution is -2.24. The molecule has 2 aromatic rings. The first-order chi connectivity index (χ1) is 9.15. The predicted octanol–water partition coefficient (Wildman–Crippen LogP) is 4.27. The van der Waals surface area contributed by atoms with Crippen LogP contribution in [0.3, 0.4) is 0 Å². The summed E-state index contributed by atoms with van der Waals surface area (Å²) >= 11 is 2.21. The topological polar surface area (TPSA) is 12.0 Å². The molecular formula is C15H14F2IN. The standard InChI is InChI=1S/C15H14F2IN/c1-2-19-15(10-6-3-4-9-13(10)18)11-7-5-8-12(16)14(11)17/h3-9,15,19H,2H2,1H3. The van der Waals surface area contributed by atoms with Crippen LogP contribution in [0, 0.1) is 15.2 Å². The van der Waals surface area contributed by atoms with Crippen molar-refractivity contribution in [1.82, 2.24) is 5.32 Å². The molecule has 19 heavy (non-hydrogen) atoms. The molecule has 0 aliphatic rings. The summed E-state index contributed by atoms with van der Waals surface area (Å²) in [5.74, 6) is -1.60. The first-order valence-electron chi connectivity index (χ1n) is 6.06. The largest absolute Gasteiger partial charge is 0.306 e. The van der Waals surface area contributed by atoms with E-state index >= 15 is 0 Å². The quantitative estimate of drug-likeness (QED) is 0.790. The summed E-state index contributed by atoms with van der Waals surface area (Å²) in [7, 11) is 0. The van der Waals surface area contributed by atoms with E-state index in [2.05, 4.69) is 27.9 Å². The summed E-state index contributed by atoms with van der Waals surface area (Å²) in [5, 5.41) is 3.21. The van der Waals surface area contributed by atoms with Crippen LogP contribution in [0.4, 0.5) is 8.78 Å². The van der Waals surface area contributed by atoms with Crippen LogP contribution in [0.1, 0.15) is 24.1 Å². The van der Waals surface area contributed by atoms with Crippen molar-refractivity contribution in [3.8, 4) is 0 Å². The lowest BCUT2D eigenvalue weighted by atomic mass is 9.98. The maximum atomic E-state index is 14.0. The fraction of sp³-hybridized carbons (Fsp3) is 0.200. The van der Waals surface area contributed by atoms with E-state index in [9.17, 15) is 8.78 Å². The predicted molar refractivity (Wildman–Crippen MR) is 81.0 cm³/mol. The second kappa shape index (κ2) is 6.43. The molecule has 0 amide bonds. The van der Waals surface area contributed by atoms with Crippen LogP contribution in [-0.2, 0) is 0 Å². The summed E-state index contributed by atoms with van der Waals surface area (Å²) in [5.41, 5.74) is 1.29. The first kappa shape index (κ1) is 14.4. The van der Waals surface area contributed by atoms with Crippen molar-refractivity contribution in [3.63, 3.8) is 0 Å². The van der Waals surface area contributed by atoms with Gasteiger partial charge in [-0.05, 0) is 46.8 Å². The highest BCUT2D eigenvalue weighted by Crippen LogP contribution is 2.28. The Hall–Kier alpha value is -1.01. The highest BCUT2D eigenvalue weighted by Gasteiger charge is 2.20.